The number of amides is 1. The molecule has 2 N–H and O–H groups in total. The number of carbonyl (C=O) groups is 1. The molecule has 176 valence electrons. The first-order valence-electron chi connectivity index (χ1n) is 10.7. The van der Waals surface area contributed by atoms with E-state index in [1.165, 1.54) is 18.2 Å². The van der Waals surface area contributed by atoms with Crippen molar-refractivity contribution >= 4 is 45.9 Å². The Kier molecular flexibility index (Phi) is 7.29. The van der Waals surface area contributed by atoms with E-state index in [4.69, 9.17) is 21.1 Å². The third-order valence-electron chi connectivity index (χ3n) is 4.87. The van der Waals surface area contributed by atoms with Crippen LogP contribution in [0.4, 0.5) is 10.1 Å². The standard InChI is InChI=1S/C26H20ClFN4O3/c1-2-34-23-12-16(10-17(14-29)26-31-21-9-8-18(28)13-22(21)32-26)11-20(27)25(23)35-15-24(33)30-19-6-4-3-5-7-19/h3-13H,2,15H2,1H3,(H,30,33)(H,31,32)/b17-10-. The van der Waals surface area contributed by atoms with Gasteiger partial charge in [0, 0.05) is 5.69 Å². The third kappa shape index (κ3) is 5.78. The molecule has 0 saturated heterocycles. The minimum atomic E-state index is -0.406. The molecule has 9 heteroatoms. The summed E-state index contributed by atoms with van der Waals surface area (Å²) in [5.41, 5.74) is 2.44. The van der Waals surface area contributed by atoms with E-state index in [1.807, 2.05) is 18.2 Å². The minimum Gasteiger partial charge on any atom is -0.490 e. The lowest BCUT2D eigenvalue weighted by Crippen LogP contribution is -2.20. The Morgan fingerprint density at radius 2 is 2.00 bits per heavy atom. The number of H-pyrrole nitrogens is 1. The van der Waals surface area contributed by atoms with Crippen molar-refractivity contribution in [1.29, 1.82) is 5.26 Å². The van der Waals surface area contributed by atoms with E-state index in [9.17, 15) is 14.4 Å². The van der Waals surface area contributed by atoms with Gasteiger partial charge in [0.15, 0.2) is 18.1 Å². The van der Waals surface area contributed by atoms with Crippen LogP contribution in [0.1, 0.15) is 18.3 Å². The van der Waals surface area contributed by atoms with Gasteiger partial charge in [-0.2, -0.15) is 5.26 Å². The number of imidazole rings is 1. The minimum absolute atomic E-state index is 0.207. The highest BCUT2D eigenvalue weighted by molar-refractivity contribution is 6.32. The molecule has 1 aromatic heterocycles. The fourth-order valence-corrected chi connectivity index (χ4v) is 3.63. The summed E-state index contributed by atoms with van der Waals surface area (Å²) in [7, 11) is 0. The van der Waals surface area contributed by atoms with Crippen LogP contribution < -0.4 is 14.8 Å². The Hall–Kier alpha value is -4.35. The predicted molar refractivity (Wildman–Crippen MR) is 133 cm³/mol. The number of ether oxygens (including phenoxy) is 2. The molecule has 1 amide bonds. The number of benzene rings is 3. The molecule has 0 atom stereocenters. The number of para-hydroxylation sites is 1. The van der Waals surface area contributed by atoms with Crippen molar-refractivity contribution < 1.29 is 18.7 Å². The van der Waals surface area contributed by atoms with E-state index < -0.39 is 5.82 Å². The molecule has 0 spiro atoms. The zero-order chi connectivity index (χ0) is 24.8. The highest BCUT2D eigenvalue weighted by Crippen LogP contribution is 2.37. The summed E-state index contributed by atoms with van der Waals surface area (Å²) in [6, 6.07) is 18.5. The molecule has 0 bridgehead atoms. The van der Waals surface area contributed by atoms with Crippen LogP contribution in [0.3, 0.4) is 0 Å². The summed E-state index contributed by atoms with van der Waals surface area (Å²) in [4.78, 5) is 19.6. The zero-order valence-electron chi connectivity index (χ0n) is 18.6. The predicted octanol–water partition coefficient (Wildman–Crippen LogP) is 5.84. The van der Waals surface area contributed by atoms with Crippen molar-refractivity contribution in [3.63, 3.8) is 0 Å². The molecule has 0 radical (unpaired) electrons. The third-order valence-corrected chi connectivity index (χ3v) is 5.15. The van der Waals surface area contributed by atoms with Crippen LogP contribution >= 0.6 is 11.6 Å². The SMILES string of the molecule is CCOc1cc(/C=C(/C#N)c2nc3ccc(F)cc3[nH]2)cc(Cl)c1OCC(=O)Nc1ccccc1. The molecular formula is C26H20ClFN4O3. The normalized spacial score (nSPS) is 11.2. The quantitative estimate of drug-likeness (QED) is 0.302. The second kappa shape index (κ2) is 10.7. The number of hydrogen-bond acceptors (Lipinski definition) is 5. The van der Waals surface area contributed by atoms with Crippen LogP contribution in [-0.2, 0) is 4.79 Å². The molecule has 4 rings (SSSR count). The molecule has 0 fully saturated rings. The van der Waals surface area contributed by atoms with Gasteiger partial charge in [0.05, 0.1) is 28.2 Å². The van der Waals surface area contributed by atoms with E-state index in [0.29, 0.717) is 40.5 Å². The van der Waals surface area contributed by atoms with Crippen LogP contribution in [0.5, 0.6) is 11.5 Å². The molecule has 7 nitrogen and oxygen atoms in total. The molecule has 4 aromatic rings. The van der Waals surface area contributed by atoms with Crippen molar-refractivity contribution in [3.8, 4) is 17.6 Å². The molecular weight excluding hydrogens is 471 g/mol. The first kappa shape index (κ1) is 23.8. The average molecular weight is 491 g/mol. The van der Waals surface area contributed by atoms with Crippen molar-refractivity contribution in [2.24, 2.45) is 0 Å². The van der Waals surface area contributed by atoms with Gasteiger partial charge in [-0.05, 0) is 61.0 Å². The van der Waals surface area contributed by atoms with Crippen LogP contribution in [-0.4, -0.2) is 29.1 Å². The van der Waals surface area contributed by atoms with E-state index in [1.54, 1.807) is 37.3 Å². The van der Waals surface area contributed by atoms with Gasteiger partial charge in [0.2, 0.25) is 0 Å². The number of aromatic nitrogens is 2. The Morgan fingerprint density at radius 1 is 1.20 bits per heavy atom. The monoisotopic (exact) mass is 490 g/mol. The lowest BCUT2D eigenvalue weighted by Gasteiger charge is -2.14. The highest BCUT2D eigenvalue weighted by Gasteiger charge is 2.16. The smallest absolute Gasteiger partial charge is 0.262 e. The number of nitrogens with zero attached hydrogens (tertiary/aromatic N) is 2. The number of aromatic amines is 1. The van der Waals surface area contributed by atoms with Crippen molar-refractivity contribution in [2.75, 3.05) is 18.5 Å². The second-order valence-corrected chi connectivity index (χ2v) is 7.79. The van der Waals surface area contributed by atoms with Gasteiger partial charge in [-0.25, -0.2) is 9.37 Å². The first-order chi connectivity index (χ1) is 17.0. The maximum atomic E-state index is 13.5. The Bertz CT molecular complexity index is 1440. The second-order valence-electron chi connectivity index (χ2n) is 7.38. The summed E-state index contributed by atoms with van der Waals surface area (Å²) in [5.74, 6) is 0.0672. The van der Waals surface area contributed by atoms with Crippen molar-refractivity contribution in [3.05, 3.63) is 82.9 Å². The number of hydrogen-bond donors (Lipinski definition) is 2. The molecule has 0 unspecified atom stereocenters. The van der Waals surface area contributed by atoms with E-state index >= 15 is 0 Å². The van der Waals surface area contributed by atoms with E-state index in [2.05, 4.69) is 21.4 Å². The topological polar surface area (TPSA) is 100 Å². The Morgan fingerprint density at radius 3 is 2.74 bits per heavy atom. The fourth-order valence-electron chi connectivity index (χ4n) is 3.36. The summed E-state index contributed by atoms with van der Waals surface area (Å²) >= 11 is 6.45. The van der Waals surface area contributed by atoms with Gasteiger partial charge in [0.1, 0.15) is 17.7 Å². The van der Waals surface area contributed by atoms with E-state index in [0.717, 1.165) is 0 Å². The number of anilines is 1. The van der Waals surface area contributed by atoms with E-state index in [-0.39, 0.29) is 28.9 Å². The zero-order valence-corrected chi connectivity index (χ0v) is 19.4. The Balaban J connectivity index is 1.58. The van der Waals surface area contributed by atoms with Crippen LogP contribution in [0.25, 0.3) is 22.7 Å². The molecule has 0 aliphatic carbocycles. The summed E-state index contributed by atoms with van der Waals surface area (Å²) in [6.07, 6.45) is 1.58. The average Bonchev–Trinajstić information content (AvgIpc) is 3.26. The highest BCUT2D eigenvalue weighted by atomic mass is 35.5. The first-order valence-corrected chi connectivity index (χ1v) is 11.1. The molecule has 1 heterocycles. The molecule has 0 aliphatic heterocycles. The lowest BCUT2D eigenvalue weighted by atomic mass is 10.1. The van der Waals surface area contributed by atoms with Crippen LogP contribution in [0, 0.1) is 17.1 Å². The number of nitrogens with one attached hydrogen (secondary N) is 2. The molecule has 0 aliphatic rings. The number of nitriles is 1. The number of rotatable bonds is 8. The fraction of sp³-hybridized carbons (Fsp3) is 0.115. The van der Waals surface area contributed by atoms with Gasteiger partial charge >= 0.3 is 0 Å². The molecule has 3 aromatic carbocycles. The van der Waals surface area contributed by atoms with Gasteiger partial charge in [-0.3, -0.25) is 4.79 Å². The number of carbonyl (C=O) groups excluding carboxylic acids is 1. The molecule has 0 saturated carbocycles. The van der Waals surface area contributed by atoms with Crippen molar-refractivity contribution in [2.45, 2.75) is 6.92 Å². The number of fused-ring (bicyclic) bond motifs is 1. The number of allylic oxidation sites excluding steroid dienone is 1. The van der Waals surface area contributed by atoms with Gasteiger partial charge in [0.25, 0.3) is 5.91 Å². The Labute approximate surface area is 205 Å². The lowest BCUT2D eigenvalue weighted by molar-refractivity contribution is -0.118. The van der Waals surface area contributed by atoms with Gasteiger partial charge < -0.3 is 19.8 Å². The van der Waals surface area contributed by atoms with Crippen molar-refractivity contribution in [1.82, 2.24) is 9.97 Å². The maximum Gasteiger partial charge on any atom is 0.262 e. The molecule has 35 heavy (non-hydrogen) atoms. The van der Waals surface area contributed by atoms with Gasteiger partial charge in [-0.15, -0.1) is 0 Å². The van der Waals surface area contributed by atoms with Crippen LogP contribution in [0.15, 0.2) is 60.7 Å². The number of halogens is 2. The maximum absolute atomic E-state index is 13.5. The summed E-state index contributed by atoms with van der Waals surface area (Å²) < 4.78 is 24.8. The summed E-state index contributed by atoms with van der Waals surface area (Å²) in [5, 5.41) is 12.6. The van der Waals surface area contributed by atoms with Crippen LogP contribution in [0.2, 0.25) is 5.02 Å². The largest absolute Gasteiger partial charge is 0.490 e. The summed E-state index contributed by atoms with van der Waals surface area (Å²) in [6.45, 7) is 1.86. The van der Waals surface area contributed by atoms with Gasteiger partial charge in [-0.1, -0.05) is 29.8 Å².